The van der Waals surface area contributed by atoms with E-state index in [-0.39, 0.29) is 20.6 Å². The van der Waals surface area contributed by atoms with Crippen molar-refractivity contribution in [2.45, 2.75) is 13.0 Å². The maximum Gasteiger partial charge on any atom is 0.307 e. The van der Waals surface area contributed by atoms with Gasteiger partial charge in [0, 0.05) is 22.8 Å². The Balaban J connectivity index is 1.93. The second-order valence-corrected chi connectivity index (χ2v) is 10.2. The summed E-state index contributed by atoms with van der Waals surface area (Å²) >= 11 is 13.1. The zero-order valence-electron chi connectivity index (χ0n) is 15.6. The van der Waals surface area contributed by atoms with E-state index < -0.39 is 22.0 Å². The highest BCUT2D eigenvalue weighted by atomic mass is 35.5. The number of hydrogen-bond donors (Lipinski definition) is 1. The van der Waals surface area contributed by atoms with Gasteiger partial charge in [-0.1, -0.05) is 34.5 Å². The molecule has 1 N–H and O–H groups in total. The number of aromatic nitrogens is 1. The van der Waals surface area contributed by atoms with Crippen molar-refractivity contribution < 1.29 is 13.2 Å². The smallest absolute Gasteiger partial charge is 0.307 e. The number of benzene rings is 2. The quantitative estimate of drug-likeness (QED) is 0.611. The van der Waals surface area contributed by atoms with Crippen LogP contribution in [0.5, 0.6) is 0 Å². The minimum Gasteiger partial charge on any atom is -0.324 e. The lowest BCUT2D eigenvalue weighted by Gasteiger charge is -2.28. The number of nitrogens with zero attached hydrogens (tertiary/aromatic N) is 2. The van der Waals surface area contributed by atoms with E-state index >= 15 is 0 Å². The molecule has 7 nitrogen and oxygen atoms in total. The van der Waals surface area contributed by atoms with Crippen LogP contribution in [0.4, 0.5) is 11.4 Å². The number of anilines is 2. The summed E-state index contributed by atoms with van der Waals surface area (Å²) in [6, 6.07) is 8.28. The van der Waals surface area contributed by atoms with E-state index in [1.165, 1.54) is 29.7 Å². The molecule has 1 aromatic heterocycles. The van der Waals surface area contributed by atoms with E-state index in [4.69, 9.17) is 23.2 Å². The zero-order chi connectivity index (χ0) is 21.5. The van der Waals surface area contributed by atoms with E-state index in [1.54, 1.807) is 25.2 Å². The fourth-order valence-electron chi connectivity index (χ4n) is 2.93. The second kappa shape index (κ2) is 7.98. The van der Waals surface area contributed by atoms with Crippen molar-refractivity contribution in [3.05, 3.63) is 56.1 Å². The van der Waals surface area contributed by atoms with Gasteiger partial charge in [0.2, 0.25) is 15.9 Å². The molecule has 1 heterocycles. The van der Waals surface area contributed by atoms with E-state index in [9.17, 15) is 18.0 Å². The molecule has 1 atom stereocenters. The normalized spacial score (nSPS) is 12.7. The molecule has 0 unspecified atom stereocenters. The molecule has 0 fully saturated rings. The molecular weight excluding hydrogens is 457 g/mol. The highest BCUT2D eigenvalue weighted by Crippen LogP contribution is 2.29. The molecule has 29 heavy (non-hydrogen) atoms. The van der Waals surface area contributed by atoms with Gasteiger partial charge in [-0.15, -0.1) is 0 Å². The summed E-state index contributed by atoms with van der Waals surface area (Å²) in [6.07, 6.45) is 0.999. The monoisotopic (exact) mass is 473 g/mol. The highest BCUT2D eigenvalue weighted by Gasteiger charge is 2.29. The van der Waals surface area contributed by atoms with Gasteiger partial charge in [-0.2, -0.15) is 0 Å². The molecule has 0 bridgehead atoms. The maximum absolute atomic E-state index is 12.8. The molecule has 2 aromatic carbocycles. The molecular formula is C18H17Cl2N3O4S2. The zero-order valence-corrected chi connectivity index (χ0v) is 18.8. The van der Waals surface area contributed by atoms with Gasteiger partial charge in [-0.05, 0) is 43.3 Å². The Labute approximate surface area is 181 Å². The summed E-state index contributed by atoms with van der Waals surface area (Å²) in [5.74, 6) is -0.547. The lowest BCUT2D eigenvalue weighted by Crippen LogP contribution is -2.45. The fraction of sp³-hybridized carbons (Fsp3) is 0.222. The summed E-state index contributed by atoms with van der Waals surface area (Å²) in [7, 11) is -2.14. The Hall–Kier alpha value is -2.07. The van der Waals surface area contributed by atoms with Crippen LogP contribution in [0, 0.1) is 0 Å². The molecule has 0 aliphatic carbocycles. The van der Waals surface area contributed by atoms with Crippen molar-refractivity contribution in [1.82, 2.24) is 4.57 Å². The molecule has 0 saturated heterocycles. The summed E-state index contributed by atoms with van der Waals surface area (Å²) < 4.78 is 28.0. The summed E-state index contributed by atoms with van der Waals surface area (Å²) in [6.45, 7) is 1.46. The number of sulfonamides is 1. The van der Waals surface area contributed by atoms with Crippen molar-refractivity contribution in [2.75, 3.05) is 15.9 Å². The first kappa shape index (κ1) is 21.6. The first-order valence-corrected chi connectivity index (χ1v) is 11.8. The summed E-state index contributed by atoms with van der Waals surface area (Å²) in [5, 5.41) is 3.20. The van der Waals surface area contributed by atoms with Crippen LogP contribution in [0.3, 0.4) is 0 Å². The average molecular weight is 474 g/mol. The molecule has 11 heteroatoms. The minimum absolute atomic E-state index is 0.113. The topological polar surface area (TPSA) is 88.5 Å². The van der Waals surface area contributed by atoms with E-state index in [1.807, 2.05) is 0 Å². The standard InChI is InChI=1S/C18H17Cl2N3O4S2/c1-10(23(29(3,26)27)14-7-11(19)6-12(20)8-14)17(24)21-13-4-5-15-16(9-13)28-18(25)22(15)2/h4-10H,1-3H3,(H,21,24)/t10-/m1/s1. The van der Waals surface area contributed by atoms with Gasteiger partial charge in [0.15, 0.2) is 0 Å². The van der Waals surface area contributed by atoms with Crippen LogP contribution in [0.1, 0.15) is 6.92 Å². The van der Waals surface area contributed by atoms with E-state index in [2.05, 4.69) is 5.32 Å². The number of rotatable bonds is 5. The lowest BCUT2D eigenvalue weighted by atomic mass is 10.2. The number of halogens is 2. The van der Waals surface area contributed by atoms with Crippen LogP contribution in [-0.4, -0.2) is 31.2 Å². The fourth-order valence-corrected chi connectivity index (χ4v) is 5.53. The van der Waals surface area contributed by atoms with Gasteiger partial charge >= 0.3 is 4.87 Å². The molecule has 3 rings (SSSR count). The minimum atomic E-state index is -3.81. The molecule has 154 valence electrons. The number of aryl methyl sites for hydroxylation is 1. The molecule has 3 aromatic rings. The van der Waals surface area contributed by atoms with Crippen LogP contribution in [0.15, 0.2) is 41.2 Å². The Morgan fingerprint density at radius 2 is 1.79 bits per heavy atom. The average Bonchev–Trinajstić information content (AvgIpc) is 2.86. The van der Waals surface area contributed by atoms with Crippen molar-refractivity contribution in [3.8, 4) is 0 Å². The lowest BCUT2D eigenvalue weighted by molar-refractivity contribution is -0.116. The van der Waals surface area contributed by atoms with Gasteiger partial charge in [-0.25, -0.2) is 8.42 Å². The molecule has 0 saturated carbocycles. The number of hydrogen-bond acceptors (Lipinski definition) is 5. The Kier molecular flexibility index (Phi) is 5.96. The molecule has 1 amide bonds. The van der Waals surface area contributed by atoms with Crippen LogP contribution < -0.4 is 14.5 Å². The van der Waals surface area contributed by atoms with Crippen molar-refractivity contribution in [1.29, 1.82) is 0 Å². The third kappa shape index (κ3) is 4.58. The molecule has 0 aliphatic heterocycles. The molecule has 0 aliphatic rings. The number of thiazole rings is 1. The van der Waals surface area contributed by atoms with Crippen LogP contribution in [0.25, 0.3) is 10.2 Å². The number of nitrogens with one attached hydrogen (secondary N) is 1. The summed E-state index contributed by atoms with van der Waals surface area (Å²) in [5.41, 5.74) is 1.38. The van der Waals surface area contributed by atoms with Gasteiger partial charge in [0.25, 0.3) is 0 Å². The largest absolute Gasteiger partial charge is 0.324 e. The summed E-state index contributed by atoms with van der Waals surface area (Å²) in [4.78, 5) is 24.5. The van der Waals surface area contributed by atoms with Gasteiger partial charge in [0.1, 0.15) is 6.04 Å². The first-order valence-electron chi connectivity index (χ1n) is 8.33. The van der Waals surface area contributed by atoms with E-state index in [0.717, 1.165) is 27.4 Å². The van der Waals surface area contributed by atoms with Gasteiger partial charge in [0.05, 0.1) is 22.2 Å². The van der Waals surface area contributed by atoms with Crippen molar-refractivity contribution >= 4 is 72.1 Å². The van der Waals surface area contributed by atoms with Crippen LogP contribution in [-0.2, 0) is 21.9 Å². The number of carbonyl (C=O) groups is 1. The Morgan fingerprint density at radius 3 is 2.38 bits per heavy atom. The van der Waals surface area contributed by atoms with Crippen molar-refractivity contribution in [3.63, 3.8) is 0 Å². The maximum atomic E-state index is 12.8. The van der Waals surface area contributed by atoms with Gasteiger partial charge in [-0.3, -0.25) is 13.9 Å². The predicted molar refractivity (Wildman–Crippen MR) is 119 cm³/mol. The van der Waals surface area contributed by atoms with Crippen molar-refractivity contribution in [2.24, 2.45) is 7.05 Å². The Bertz CT molecular complexity index is 1250. The predicted octanol–water partition coefficient (Wildman–Crippen LogP) is 3.70. The molecule has 0 spiro atoms. The van der Waals surface area contributed by atoms with Gasteiger partial charge < -0.3 is 9.88 Å². The Morgan fingerprint density at radius 1 is 1.17 bits per heavy atom. The first-order chi connectivity index (χ1) is 13.5. The second-order valence-electron chi connectivity index (χ2n) is 6.46. The number of amides is 1. The van der Waals surface area contributed by atoms with Crippen LogP contribution in [0.2, 0.25) is 10.0 Å². The molecule has 0 radical (unpaired) electrons. The van der Waals surface area contributed by atoms with E-state index in [0.29, 0.717) is 10.4 Å². The highest BCUT2D eigenvalue weighted by molar-refractivity contribution is 7.92. The third-order valence-electron chi connectivity index (χ3n) is 4.25. The third-order valence-corrected chi connectivity index (χ3v) is 6.92. The van der Waals surface area contributed by atoms with Crippen LogP contribution >= 0.6 is 34.5 Å². The SMILES string of the molecule is C[C@H](C(=O)Nc1ccc2c(c1)sc(=O)n2C)N(c1cc(Cl)cc(Cl)c1)S(C)(=O)=O. The number of fused-ring (bicyclic) bond motifs is 1. The number of carbonyl (C=O) groups excluding carboxylic acids is 1.